The minimum atomic E-state index is -1.42. The van der Waals surface area contributed by atoms with Crippen LogP contribution in [0.3, 0.4) is 0 Å². The lowest BCUT2D eigenvalue weighted by Gasteiger charge is -2.35. The summed E-state index contributed by atoms with van der Waals surface area (Å²) in [4.78, 5) is 10.4. The molecule has 21 heavy (non-hydrogen) atoms. The molecule has 1 aliphatic heterocycles. The number of nitrogens with zero attached hydrogens (tertiary/aromatic N) is 1. The van der Waals surface area contributed by atoms with Crippen molar-refractivity contribution < 1.29 is 29.7 Å². The van der Waals surface area contributed by atoms with Gasteiger partial charge in [0.1, 0.15) is 29.7 Å². The minimum Gasteiger partial charge on any atom is -0.496 e. The third-order valence-electron chi connectivity index (χ3n) is 3.20. The number of aliphatic hydroxyl groups is 3. The van der Waals surface area contributed by atoms with Gasteiger partial charge in [-0.25, -0.2) is 0 Å². The first-order valence-electron chi connectivity index (χ1n) is 6.19. The lowest BCUT2D eigenvalue weighted by molar-refractivity contribution is -0.384. The van der Waals surface area contributed by atoms with Crippen LogP contribution in [0.4, 0.5) is 11.4 Å². The monoisotopic (exact) mass is 300 g/mol. The minimum absolute atomic E-state index is 0.105. The molecule has 0 aromatic heterocycles. The molecule has 1 saturated heterocycles. The zero-order chi connectivity index (χ0) is 15.6. The van der Waals surface area contributed by atoms with Gasteiger partial charge in [0.25, 0.3) is 5.69 Å². The fourth-order valence-corrected chi connectivity index (χ4v) is 2.00. The van der Waals surface area contributed by atoms with Crippen molar-refractivity contribution in [2.24, 2.45) is 0 Å². The second kappa shape index (κ2) is 6.22. The Morgan fingerprint density at radius 1 is 1.38 bits per heavy atom. The first-order chi connectivity index (χ1) is 9.93. The molecule has 0 amide bonds. The lowest BCUT2D eigenvalue weighted by Crippen LogP contribution is -2.55. The van der Waals surface area contributed by atoms with Gasteiger partial charge in [0.05, 0.1) is 24.7 Å². The van der Waals surface area contributed by atoms with Crippen LogP contribution in [0.2, 0.25) is 0 Å². The largest absolute Gasteiger partial charge is 0.496 e. The summed E-state index contributed by atoms with van der Waals surface area (Å²) in [6.45, 7) is -0.195. The number of ether oxygens (including phenoxy) is 2. The zero-order valence-electron chi connectivity index (χ0n) is 11.2. The van der Waals surface area contributed by atoms with Crippen molar-refractivity contribution in [3.8, 4) is 5.75 Å². The van der Waals surface area contributed by atoms with E-state index in [1.165, 1.54) is 25.3 Å². The molecule has 4 atom stereocenters. The molecular weight excluding hydrogens is 284 g/mol. The molecule has 4 N–H and O–H groups in total. The molecule has 9 heteroatoms. The molecule has 1 aliphatic rings. The van der Waals surface area contributed by atoms with E-state index >= 15 is 0 Å². The molecule has 2 rings (SSSR count). The summed E-state index contributed by atoms with van der Waals surface area (Å²) >= 11 is 0. The van der Waals surface area contributed by atoms with Crippen molar-refractivity contribution in [3.05, 3.63) is 28.3 Å². The number of nitrogens with one attached hydrogen (secondary N) is 1. The lowest BCUT2D eigenvalue weighted by atomic mass is 10.0. The Kier molecular flexibility index (Phi) is 4.58. The van der Waals surface area contributed by atoms with Crippen molar-refractivity contribution in [3.63, 3.8) is 0 Å². The van der Waals surface area contributed by atoms with E-state index in [9.17, 15) is 25.4 Å². The van der Waals surface area contributed by atoms with Crippen LogP contribution in [-0.4, -0.2) is 58.5 Å². The third-order valence-corrected chi connectivity index (χ3v) is 3.20. The van der Waals surface area contributed by atoms with Gasteiger partial charge < -0.3 is 30.1 Å². The first-order valence-corrected chi connectivity index (χ1v) is 6.19. The van der Waals surface area contributed by atoms with Gasteiger partial charge in [-0.1, -0.05) is 0 Å². The second-order valence-corrected chi connectivity index (χ2v) is 4.59. The molecule has 0 saturated carbocycles. The molecule has 0 bridgehead atoms. The predicted octanol–water partition coefficient (Wildman–Crippen LogP) is -0.546. The van der Waals surface area contributed by atoms with Gasteiger partial charge >= 0.3 is 0 Å². The van der Waals surface area contributed by atoms with Crippen molar-refractivity contribution in [1.82, 2.24) is 0 Å². The van der Waals surface area contributed by atoms with Crippen LogP contribution >= 0.6 is 0 Å². The average Bonchev–Trinajstić information content (AvgIpc) is 2.48. The summed E-state index contributed by atoms with van der Waals surface area (Å²) in [5.74, 6) is 0.313. The Morgan fingerprint density at radius 2 is 2.10 bits per heavy atom. The van der Waals surface area contributed by atoms with Crippen LogP contribution in [0.15, 0.2) is 18.2 Å². The summed E-state index contributed by atoms with van der Waals surface area (Å²) in [6.07, 6.45) is -5.09. The second-order valence-electron chi connectivity index (χ2n) is 4.59. The van der Waals surface area contributed by atoms with Gasteiger partial charge in [-0.3, -0.25) is 10.1 Å². The average molecular weight is 300 g/mol. The molecule has 116 valence electrons. The predicted molar refractivity (Wildman–Crippen MR) is 71.0 cm³/mol. The van der Waals surface area contributed by atoms with Crippen LogP contribution < -0.4 is 10.1 Å². The fraction of sp³-hybridized carbons (Fsp3) is 0.500. The van der Waals surface area contributed by atoms with Gasteiger partial charge in [0.2, 0.25) is 0 Å². The number of nitro groups is 1. The van der Waals surface area contributed by atoms with Gasteiger partial charge in [-0.05, 0) is 12.1 Å². The number of aliphatic hydroxyl groups excluding tert-OH is 3. The first kappa shape index (κ1) is 15.4. The summed E-state index contributed by atoms with van der Waals surface area (Å²) < 4.78 is 10.1. The van der Waals surface area contributed by atoms with Crippen molar-refractivity contribution in [2.45, 2.75) is 24.5 Å². The smallest absolute Gasteiger partial charge is 0.296 e. The molecule has 1 fully saturated rings. The van der Waals surface area contributed by atoms with Gasteiger partial charge in [-0.2, -0.15) is 0 Å². The van der Waals surface area contributed by atoms with Gasteiger partial charge in [0, 0.05) is 0 Å². The van der Waals surface area contributed by atoms with Crippen molar-refractivity contribution in [1.29, 1.82) is 0 Å². The summed E-state index contributed by atoms with van der Waals surface area (Å²) in [5.41, 5.74) is -0.154. The van der Waals surface area contributed by atoms with E-state index in [-0.39, 0.29) is 18.0 Å². The van der Waals surface area contributed by atoms with E-state index < -0.39 is 29.5 Å². The number of hydrogen-bond acceptors (Lipinski definition) is 8. The highest BCUT2D eigenvalue weighted by Gasteiger charge is 2.38. The molecule has 0 spiro atoms. The zero-order valence-corrected chi connectivity index (χ0v) is 11.2. The number of nitro benzene ring substituents is 1. The Balaban J connectivity index is 2.21. The van der Waals surface area contributed by atoms with Crippen LogP contribution in [0.25, 0.3) is 0 Å². The number of methoxy groups -OCH3 is 1. The Morgan fingerprint density at radius 3 is 2.71 bits per heavy atom. The number of anilines is 1. The SMILES string of the molecule is COc1ccc(N[C@H]2OC[C@@H](O)[C@@H](O)[C@H]2O)c([N+](=O)[O-])c1. The molecule has 1 aromatic carbocycles. The van der Waals surface area contributed by atoms with Crippen LogP contribution in [0.5, 0.6) is 5.75 Å². The van der Waals surface area contributed by atoms with E-state index in [0.717, 1.165) is 0 Å². The van der Waals surface area contributed by atoms with Crippen molar-refractivity contribution >= 4 is 11.4 Å². The highest BCUT2D eigenvalue weighted by Crippen LogP contribution is 2.30. The van der Waals surface area contributed by atoms with Crippen molar-refractivity contribution in [2.75, 3.05) is 19.0 Å². The summed E-state index contributed by atoms with van der Waals surface area (Å²) in [7, 11) is 1.39. The molecule has 0 radical (unpaired) electrons. The van der Waals surface area contributed by atoms with E-state index in [0.29, 0.717) is 5.75 Å². The fourth-order valence-electron chi connectivity index (χ4n) is 2.00. The maximum absolute atomic E-state index is 11.0. The number of benzene rings is 1. The molecule has 1 heterocycles. The Bertz CT molecular complexity index is 524. The molecule has 0 unspecified atom stereocenters. The molecule has 0 aliphatic carbocycles. The van der Waals surface area contributed by atoms with E-state index in [1.807, 2.05) is 0 Å². The summed E-state index contributed by atoms with van der Waals surface area (Å²) in [6, 6.07) is 4.14. The summed E-state index contributed by atoms with van der Waals surface area (Å²) in [5, 5.41) is 42.4. The van der Waals surface area contributed by atoms with E-state index in [4.69, 9.17) is 9.47 Å². The van der Waals surface area contributed by atoms with Crippen LogP contribution in [0, 0.1) is 10.1 Å². The van der Waals surface area contributed by atoms with Gasteiger partial charge in [-0.15, -0.1) is 0 Å². The van der Waals surface area contributed by atoms with Crippen LogP contribution in [0.1, 0.15) is 0 Å². The maximum atomic E-state index is 11.0. The standard InChI is InChI=1S/C12H16N2O7/c1-20-6-2-3-7(8(4-6)14(18)19)13-12-11(17)10(16)9(15)5-21-12/h2-4,9-13,15-17H,5H2,1H3/t9-,10-,11-,12+/m1/s1. The number of hydrogen-bond donors (Lipinski definition) is 4. The van der Waals surface area contributed by atoms with Crippen LogP contribution in [-0.2, 0) is 4.74 Å². The van der Waals surface area contributed by atoms with E-state index in [2.05, 4.69) is 5.32 Å². The third kappa shape index (κ3) is 3.22. The topological polar surface area (TPSA) is 134 Å². The highest BCUT2D eigenvalue weighted by molar-refractivity contribution is 5.64. The molecular formula is C12H16N2O7. The van der Waals surface area contributed by atoms with Gasteiger partial charge in [0.15, 0.2) is 6.23 Å². The molecule has 9 nitrogen and oxygen atoms in total. The quantitative estimate of drug-likeness (QED) is 0.430. The Labute approximate surface area is 119 Å². The molecule has 1 aromatic rings. The normalized spacial score (nSPS) is 29.0. The Hall–Kier alpha value is -1.94. The van der Waals surface area contributed by atoms with E-state index in [1.54, 1.807) is 0 Å². The maximum Gasteiger partial charge on any atom is 0.296 e. The highest BCUT2D eigenvalue weighted by atomic mass is 16.6. The number of rotatable bonds is 4.